The molecule has 0 amide bonds. The van der Waals surface area contributed by atoms with Crippen molar-refractivity contribution < 1.29 is 14.3 Å². The summed E-state index contributed by atoms with van der Waals surface area (Å²) in [5.74, 6) is -0.691. The molecule has 5 nitrogen and oxygen atoms in total. The summed E-state index contributed by atoms with van der Waals surface area (Å²) in [5, 5.41) is 11.6. The van der Waals surface area contributed by atoms with E-state index in [1.54, 1.807) is 17.8 Å². The van der Waals surface area contributed by atoms with E-state index in [1.165, 1.54) is 17.4 Å². The number of anilines is 1. The molecule has 0 saturated carbocycles. The average molecular weight is 224 g/mol. The summed E-state index contributed by atoms with van der Waals surface area (Å²) in [4.78, 5) is 15.5. The van der Waals surface area contributed by atoms with Crippen LogP contribution in [-0.2, 0) is 6.54 Å². The second-order valence-electron chi connectivity index (χ2n) is 2.79. The van der Waals surface area contributed by atoms with Crippen molar-refractivity contribution in [2.24, 2.45) is 0 Å². The number of hydrogen-bond donors (Lipinski definition) is 2. The van der Waals surface area contributed by atoms with Crippen LogP contribution < -0.4 is 5.32 Å². The molecule has 2 aromatic rings. The molecule has 2 heterocycles. The number of carboxylic acid groups (broad SMARTS) is 1. The molecule has 0 fully saturated rings. The highest BCUT2D eigenvalue weighted by Gasteiger charge is 2.08. The van der Waals surface area contributed by atoms with Crippen molar-refractivity contribution in [3.8, 4) is 0 Å². The van der Waals surface area contributed by atoms with Crippen LogP contribution in [0.2, 0.25) is 0 Å². The highest BCUT2D eigenvalue weighted by Crippen LogP contribution is 2.15. The number of rotatable bonds is 4. The molecule has 2 aromatic heterocycles. The number of carboxylic acids is 1. The van der Waals surface area contributed by atoms with Crippen molar-refractivity contribution >= 4 is 23.2 Å². The van der Waals surface area contributed by atoms with E-state index in [0.29, 0.717) is 12.4 Å². The Kier molecular flexibility index (Phi) is 2.68. The van der Waals surface area contributed by atoms with Gasteiger partial charge >= 0.3 is 5.97 Å². The van der Waals surface area contributed by atoms with Crippen LogP contribution >= 0.6 is 11.3 Å². The van der Waals surface area contributed by atoms with Gasteiger partial charge in [0.05, 0.1) is 12.1 Å². The number of carbonyl (C=O) groups is 1. The monoisotopic (exact) mass is 224 g/mol. The first-order chi connectivity index (χ1) is 7.25. The quantitative estimate of drug-likeness (QED) is 0.831. The number of aromatic carboxylic acids is 1. The third-order valence-corrected chi connectivity index (χ3v) is 2.52. The van der Waals surface area contributed by atoms with Gasteiger partial charge < -0.3 is 14.8 Å². The zero-order valence-electron chi connectivity index (χ0n) is 7.64. The molecule has 2 N–H and O–H groups in total. The van der Waals surface area contributed by atoms with Crippen molar-refractivity contribution in [3.63, 3.8) is 0 Å². The van der Waals surface area contributed by atoms with E-state index in [2.05, 4.69) is 10.3 Å². The Bertz CT molecular complexity index is 450. The second kappa shape index (κ2) is 4.14. The Morgan fingerprint density at radius 3 is 3.07 bits per heavy atom. The van der Waals surface area contributed by atoms with Crippen LogP contribution in [0.4, 0.5) is 5.88 Å². The van der Waals surface area contributed by atoms with Crippen LogP contribution in [0.3, 0.4) is 0 Å². The molecule has 0 spiro atoms. The zero-order chi connectivity index (χ0) is 10.7. The molecule has 0 aliphatic carbocycles. The molecule has 0 unspecified atom stereocenters. The average Bonchev–Trinajstić information content (AvgIpc) is 2.86. The summed E-state index contributed by atoms with van der Waals surface area (Å²) < 4.78 is 5.02. The van der Waals surface area contributed by atoms with E-state index in [9.17, 15) is 4.79 Å². The van der Waals surface area contributed by atoms with Gasteiger partial charge in [0.25, 0.3) is 0 Å². The lowest BCUT2D eigenvalue weighted by Gasteiger charge is -1.98. The molecule has 6 heteroatoms. The van der Waals surface area contributed by atoms with E-state index in [0.717, 1.165) is 4.88 Å². The highest BCUT2D eigenvalue weighted by atomic mass is 32.1. The molecule has 2 rings (SSSR count). The van der Waals surface area contributed by atoms with Crippen LogP contribution in [0.5, 0.6) is 0 Å². The van der Waals surface area contributed by atoms with Crippen molar-refractivity contribution in [1.29, 1.82) is 0 Å². The Balaban J connectivity index is 1.96. The fourth-order valence-electron chi connectivity index (χ4n) is 1.05. The minimum atomic E-state index is -1.07. The third-order valence-electron chi connectivity index (χ3n) is 1.74. The summed E-state index contributed by atoms with van der Waals surface area (Å²) in [6, 6.07) is 3.00. The second-order valence-corrected chi connectivity index (χ2v) is 3.76. The first-order valence-electron chi connectivity index (χ1n) is 4.20. The lowest BCUT2D eigenvalue weighted by Crippen LogP contribution is -1.96. The smallest absolute Gasteiger partial charge is 0.371 e. The van der Waals surface area contributed by atoms with Gasteiger partial charge in [-0.1, -0.05) is 0 Å². The maximum absolute atomic E-state index is 10.5. The van der Waals surface area contributed by atoms with Gasteiger partial charge in [-0.2, -0.15) is 0 Å². The van der Waals surface area contributed by atoms with Crippen molar-refractivity contribution in [3.05, 3.63) is 34.5 Å². The predicted molar refractivity (Wildman–Crippen MR) is 55.1 cm³/mol. The van der Waals surface area contributed by atoms with Gasteiger partial charge in [0.2, 0.25) is 5.76 Å². The largest absolute Gasteiger partial charge is 0.475 e. The Labute approximate surface area is 89.4 Å². The molecule has 0 atom stereocenters. The predicted octanol–water partition coefficient (Wildman–Crippen LogP) is 2.05. The van der Waals surface area contributed by atoms with Crippen molar-refractivity contribution in [2.45, 2.75) is 6.54 Å². The Morgan fingerprint density at radius 2 is 2.47 bits per heavy atom. The van der Waals surface area contributed by atoms with Crippen molar-refractivity contribution in [1.82, 2.24) is 4.98 Å². The molecule has 78 valence electrons. The molecule has 0 aliphatic rings. The molecular weight excluding hydrogens is 216 g/mol. The molecule has 15 heavy (non-hydrogen) atoms. The number of nitrogens with zero attached hydrogens (tertiary/aromatic N) is 1. The van der Waals surface area contributed by atoms with Crippen LogP contribution in [0.15, 0.2) is 28.3 Å². The fraction of sp³-hybridized carbons (Fsp3) is 0.111. The molecule has 0 aliphatic heterocycles. The normalized spacial score (nSPS) is 10.1. The van der Waals surface area contributed by atoms with Gasteiger partial charge in [-0.3, -0.25) is 4.98 Å². The molecule has 0 bridgehead atoms. The molecule has 0 saturated heterocycles. The lowest BCUT2D eigenvalue weighted by molar-refractivity contribution is 0.0663. The van der Waals surface area contributed by atoms with E-state index < -0.39 is 5.97 Å². The molecule has 0 radical (unpaired) electrons. The summed E-state index contributed by atoms with van der Waals surface area (Å²) in [6.07, 6.45) is 1.75. The van der Waals surface area contributed by atoms with Crippen LogP contribution in [0.1, 0.15) is 15.4 Å². The summed E-state index contributed by atoms with van der Waals surface area (Å²) in [6.45, 7) is 0.581. The summed E-state index contributed by atoms with van der Waals surface area (Å²) >= 11 is 1.52. The Morgan fingerprint density at radius 1 is 1.60 bits per heavy atom. The topological polar surface area (TPSA) is 75.4 Å². The minimum absolute atomic E-state index is 0.0678. The van der Waals surface area contributed by atoms with E-state index in [4.69, 9.17) is 9.52 Å². The number of furan rings is 1. The highest BCUT2D eigenvalue weighted by molar-refractivity contribution is 7.09. The van der Waals surface area contributed by atoms with Gasteiger partial charge in [-0.15, -0.1) is 11.3 Å². The molecule has 0 aromatic carbocycles. The van der Waals surface area contributed by atoms with E-state index >= 15 is 0 Å². The first-order valence-corrected chi connectivity index (χ1v) is 5.08. The lowest BCUT2D eigenvalue weighted by atomic mass is 10.4. The Hall–Kier alpha value is -1.82. The molecular formula is C9H8N2O3S. The standard InChI is InChI=1S/C9H8N2O3S/c12-9(13)7-1-2-8(14-7)11-4-6-3-10-5-15-6/h1-3,5,11H,4H2,(H,12,13). The number of nitrogens with one attached hydrogen (secondary N) is 1. The van der Waals surface area contributed by atoms with Crippen LogP contribution in [-0.4, -0.2) is 16.1 Å². The van der Waals surface area contributed by atoms with Gasteiger partial charge in [0.15, 0.2) is 5.88 Å². The van der Waals surface area contributed by atoms with Crippen LogP contribution in [0.25, 0.3) is 0 Å². The van der Waals surface area contributed by atoms with Gasteiger partial charge in [0.1, 0.15) is 0 Å². The fourth-order valence-corrected chi connectivity index (χ4v) is 1.59. The van der Waals surface area contributed by atoms with Crippen molar-refractivity contribution in [2.75, 3.05) is 5.32 Å². The number of aromatic nitrogens is 1. The summed E-state index contributed by atoms with van der Waals surface area (Å²) in [5.41, 5.74) is 1.74. The first kappa shape index (κ1) is 9.72. The van der Waals surface area contributed by atoms with E-state index in [-0.39, 0.29) is 5.76 Å². The van der Waals surface area contributed by atoms with E-state index in [1.807, 2.05) is 0 Å². The zero-order valence-corrected chi connectivity index (χ0v) is 8.45. The maximum atomic E-state index is 10.5. The number of thiazole rings is 1. The summed E-state index contributed by atoms with van der Waals surface area (Å²) in [7, 11) is 0. The third kappa shape index (κ3) is 2.35. The van der Waals surface area contributed by atoms with Gasteiger partial charge in [-0.25, -0.2) is 4.79 Å². The maximum Gasteiger partial charge on any atom is 0.371 e. The van der Waals surface area contributed by atoms with Gasteiger partial charge in [-0.05, 0) is 6.07 Å². The van der Waals surface area contributed by atoms with Crippen LogP contribution in [0, 0.1) is 0 Å². The SMILES string of the molecule is O=C(O)c1ccc(NCc2cncs2)o1. The number of hydrogen-bond acceptors (Lipinski definition) is 5. The van der Waals surface area contributed by atoms with Gasteiger partial charge in [0, 0.05) is 17.1 Å². The minimum Gasteiger partial charge on any atom is -0.475 e.